The first-order valence-corrected chi connectivity index (χ1v) is 9.31. The summed E-state index contributed by atoms with van der Waals surface area (Å²) in [6.07, 6.45) is 1.45. The molecule has 2 saturated heterocycles. The highest BCUT2D eigenvalue weighted by Crippen LogP contribution is 2.34. The van der Waals surface area contributed by atoms with E-state index < -0.39 is 24.3 Å². The fourth-order valence-electron chi connectivity index (χ4n) is 3.81. The molecule has 1 unspecified atom stereocenters. The van der Waals surface area contributed by atoms with E-state index in [-0.39, 0.29) is 12.3 Å². The SMILES string of the molecule is O=C(C1CCNCC1(F)F)N1CCC(c2nc(-c3ccccc3)no2)CC1. The summed E-state index contributed by atoms with van der Waals surface area (Å²) < 4.78 is 33.5. The summed E-state index contributed by atoms with van der Waals surface area (Å²) >= 11 is 0. The minimum atomic E-state index is -2.98. The van der Waals surface area contributed by atoms with Crippen molar-refractivity contribution in [3.05, 3.63) is 36.2 Å². The molecule has 1 aromatic heterocycles. The molecule has 0 radical (unpaired) electrons. The molecule has 0 saturated carbocycles. The summed E-state index contributed by atoms with van der Waals surface area (Å²) in [6.45, 7) is 0.899. The highest BCUT2D eigenvalue weighted by molar-refractivity contribution is 5.80. The van der Waals surface area contributed by atoms with Gasteiger partial charge in [0.25, 0.3) is 5.92 Å². The van der Waals surface area contributed by atoms with Crippen molar-refractivity contribution >= 4 is 5.91 Å². The summed E-state index contributed by atoms with van der Waals surface area (Å²) in [4.78, 5) is 18.6. The Bertz CT molecular complexity index is 788. The lowest BCUT2D eigenvalue weighted by molar-refractivity contribution is -0.154. The number of amides is 1. The lowest BCUT2D eigenvalue weighted by Gasteiger charge is -2.37. The molecule has 1 aromatic carbocycles. The highest BCUT2D eigenvalue weighted by atomic mass is 19.3. The summed E-state index contributed by atoms with van der Waals surface area (Å²) in [5, 5.41) is 6.69. The highest BCUT2D eigenvalue weighted by Gasteiger charge is 2.47. The topological polar surface area (TPSA) is 71.3 Å². The first kappa shape index (κ1) is 18.0. The summed E-state index contributed by atoms with van der Waals surface area (Å²) in [5.74, 6) is -3.50. The van der Waals surface area contributed by atoms with Crippen LogP contribution in [0.2, 0.25) is 0 Å². The van der Waals surface area contributed by atoms with Crippen LogP contribution in [0.4, 0.5) is 8.78 Å². The van der Waals surface area contributed by atoms with Crippen molar-refractivity contribution in [3.63, 3.8) is 0 Å². The van der Waals surface area contributed by atoms with Gasteiger partial charge in [0.1, 0.15) is 5.92 Å². The Hall–Kier alpha value is -2.35. The number of carbonyl (C=O) groups excluding carboxylic acids is 1. The summed E-state index contributed by atoms with van der Waals surface area (Å²) in [6, 6.07) is 9.56. The van der Waals surface area contributed by atoms with E-state index >= 15 is 0 Å². The first-order chi connectivity index (χ1) is 13.0. The van der Waals surface area contributed by atoms with E-state index in [1.54, 1.807) is 4.90 Å². The van der Waals surface area contributed by atoms with E-state index in [1.807, 2.05) is 30.3 Å². The lowest BCUT2D eigenvalue weighted by Crippen LogP contribution is -2.54. The van der Waals surface area contributed by atoms with E-state index in [1.165, 1.54) is 0 Å². The Morgan fingerprint density at radius 1 is 1.19 bits per heavy atom. The normalized spacial score (nSPS) is 23.3. The molecule has 0 bridgehead atoms. The number of nitrogens with zero attached hydrogens (tertiary/aromatic N) is 3. The number of hydrogen-bond donors (Lipinski definition) is 1. The molecule has 27 heavy (non-hydrogen) atoms. The monoisotopic (exact) mass is 376 g/mol. The third-order valence-corrected chi connectivity index (χ3v) is 5.41. The zero-order chi connectivity index (χ0) is 18.9. The van der Waals surface area contributed by atoms with Gasteiger partial charge in [-0.1, -0.05) is 35.5 Å². The van der Waals surface area contributed by atoms with Gasteiger partial charge in [0.15, 0.2) is 0 Å². The number of benzene rings is 1. The van der Waals surface area contributed by atoms with Crippen LogP contribution in [0.1, 0.15) is 31.1 Å². The smallest absolute Gasteiger partial charge is 0.271 e. The molecule has 8 heteroatoms. The van der Waals surface area contributed by atoms with Gasteiger partial charge in [-0.15, -0.1) is 0 Å². The van der Waals surface area contributed by atoms with Gasteiger partial charge >= 0.3 is 0 Å². The maximum Gasteiger partial charge on any atom is 0.271 e. The number of rotatable bonds is 3. The van der Waals surface area contributed by atoms with Crippen LogP contribution in [0, 0.1) is 5.92 Å². The number of nitrogens with one attached hydrogen (secondary N) is 1. The molecule has 1 atom stereocenters. The molecule has 1 N–H and O–H groups in total. The van der Waals surface area contributed by atoms with Gasteiger partial charge in [-0.25, -0.2) is 8.78 Å². The fraction of sp³-hybridized carbons (Fsp3) is 0.526. The Morgan fingerprint density at radius 2 is 1.93 bits per heavy atom. The standard InChI is InChI=1S/C19H22F2N4O2/c20-19(21)12-22-9-6-15(19)18(26)25-10-7-14(8-11-25)17-23-16(24-27-17)13-4-2-1-3-5-13/h1-5,14-15,22H,6-12H2. The number of carbonyl (C=O) groups is 1. The predicted molar refractivity (Wildman–Crippen MR) is 94.2 cm³/mol. The maximum absolute atomic E-state index is 14.0. The second-order valence-corrected chi connectivity index (χ2v) is 7.20. The van der Waals surface area contributed by atoms with Gasteiger partial charge in [0.05, 0.1) is 6.54 Å². The molecule has 2 aromatic rings. The van der Waals surface area contributed by atoms with Gasteiger partial charge in [-0.05, 0) is 25.8 Å². The van der Waals surface area contributed by atoms with Crippen LogP contribution in [0.3, 0.4) is 0 Å². The van der Waals surface area contributed by atoms with Crippen molar-refractivity contribution < 1.29 is 18.1 Å². The molecule has 2 fully saturated rings. The lowest BCUT2D eigenvalue weighted by atomic mass is 9.90. The van der Waals surface area contributed by atoms with Gasteiger partial charge in [-0.3, -0.25) is 4.79 Å². The Kier molecular flexibility index (Phi) is 4.90. The third-order valence-electron chi connectivity index (χ3n) is 5.41. The minimum absolute atomic E-state index is 0.0487. The summed E-state index contributed by atoms with van der Waals surface area (Å²) in [7, 11) is 0. The van der Waals surface area contributed by atoms with E-state index in [0.29, 0.717) is 44.2 Å². The van der Waals surface area contributed by atoms with Crippen LogP contribution in [-0.4, -0.2) is 53.0 Å². The van der Waals surface area contributed by atoms with E-state index in [4.69, 9.17) is 4.52 Å². The van der Waals surface area contributed by atoms with Crippen LogP contribution < -0.4 is 5.32 Å². The quantitative estimate of drug-likeness (QED) is 0.892. The zero-order valence-corrected chi connectivity index (χ0v) is 14.9. The Morgan fingerprint density at radius 3 is 2.63 bits per heavy atom. The second-order valence-electron chi connectivity index (χ2n) is 7.20. The Labute approximate surface area is 155 Å². The van der Waals surface area contributed by atoms with Crippen molar-refractivity contribution in [2.24, 2.45) is 5.92 Å². The fourth-order valence-corrected chi connectivity index (χ4v) is 3.81. The molecule has 3 heterocycles. The molecular formula is C19H22F2N4O2. The van der Waals surface area contributed by atoms with Crippen molar-refractivity contribution in [2.75, 3.05) is 26.2 Å². The first-order valence-electron chi connectivity index (χ1n) is 9.31. The maximum atomic E-state index is 14.0. The summed E-state index contributed by atoms with van der Waals surface area (Å²) in [5.41, 5.74) is 0.883. The number of alkyl halides is 2. The minimum Gasteiger partial charge on any atom is -0.342 e. The molecule has 0 spiro atoms. The second kappa shape index (κ2) is 7.34. The van der Waals surface area contributed by atoms with Gasteiger partial charge < -0.3 is 14.7 Å². The Balaban J connectivity index is 1.38. The zero-order valence-electron chi connectivity index (χ0n) is 14.9. The third kappa shape index (κ3) is 3.71. The number of halogens is 2. The van der Waals surface area contributed by atoms with Crippen LogP contribution in [0.15, 0.2) is 34.9 Å². The average Bonchev–Trinajstić information content (AvgIpc) is 3.18. The molecule has 1 amide bonds. The van der Waals surface area contributed by atoms with E-state index in [2.05, 4.69) is 15.5 Å². The van der Waals surface area contributed by atoms with E-state index in [0.717, 1.165) is 5.56 Å². The molecule has 144 valence electrons. The van der Waals surface area contributed by atoms with Crippen LogP contribution >= 0.6 is 0 Å². The van der Waals surface area contributed by atoms with Gasteiger partial charge in [-0.2, -0.15) is 4.98 Å². The average molecular weight is 376 g/mol. The molecule has 4 rings (SSSR count). The van der Waals surface area contributed by atoms with Crippen LogP contribution in [0.5, 0.6) is 0 Å². The molecule has 2 aliphatic rings. The van der Waals surface area contributed by atoms with Crippen LogP contribution in [0.25, 0.3) is 11.4 Å². The van der Waals surface area contributed by atoms with E-state index in [9.17, 15) is 13.6 Å². The van der Waals surface area contributed by atoms with Crippen molar-refractivity contribution in [2.45, 2.75) is 31.1 Å². The number of hydrogen-bond acceptors (Lipinski definition) is 5. The molecule has 0 aliphatic carbocycles. The van der Waals surface area contributed by atoms with Crippen molar-refractivity contribution in [1.82, 2.24) is 20.4 Å². The van der Waals surface area contributed by atoms with Crippen molar-refractivity contribution in [1.29, 1.82) is 0 Å². The number of likely N-dealkylation sites (tertiary alicyclic amines) is 1. The van der Waals surface area contributed by atoms with Crippen LogP contribution in [-0.2, 0) is 4.79 Å². The molecule has 6 nitrogen and oxygen atoms in total. The number of aromatic nitrogens is 2. The molecular weight excluding hydrogens is 354 g/mol. The van der Waals surface area contributed by atoms with Gasteiger partial charge in [0, 0.05) is 24.6 Å². The number of piperidine rings is 2. The largest absolute Gasteiger partial charge is 0.342 e. The molecule has 2 aliphatic heterocycles. The van der Waals surface area contributed by atoms with Crippen molar-refractivity contribution in [3.8, 4) is 11.4 Å². The predicted octanol–water partition coefficient (Wildman–Crippen LogP) is 2.69. The van der Waals surface area contributed by atoms with Gasteiger partial charge in [0.2, 0.25) is 17.6 Å².